The lowest BCUT2D eigenvalue weighted by molar-refractivity contribution is -0.167. The van der Waals surface area contributed by atoms with Crippen LogP contribution in [0.15, 0.2) is 85.1 Å². The molecule has 0 aliphatic carbocycles. The largest absolute Gasteiger partial charge is 0.462 e. The first-order valence-corrected chi connectivity index (χ1v) is 32.1. The zero-order valence-electron chi connectivity index (χ0n) is 49.6. The summed E-state index contributed by atoms with van der Waals surface area (Å²) in [5.74, 6) is -0.948. The molecule has 0 heterocycles. The molecule has 0 aromatic heterocycles. The molecule has 6 nitrogen and oxygen atoms in total. The number of ether oxygens (including phenoxy) is 3. The van der Waals surface area contributed by atoms with E-state index >= 15 is 0 Å². The predicted molar refractivity (Wildman–Crippen MR) is 325 cm³/mol. The molecule has 0 rings (SSSR count). The molecule has 0 aliphatic rings. The molecule has 0 radical (unpaired) electrons. The van der Waals surface area contributed by atoms with Gasteiger partial charge in [0.05, 0.1) is 0 Å². The zero-order valence-corrected chi connectivity index (χ0v) is 49.6. The Bertz CT molecular complexity index is 1430. The Balaban J connectivity index is 4.14. The van der Waals surface area contributed by atoms with Crippen molar-refractivity contribution in [2.75, 3.05) is 13.2 Å². The van der Waals surface area contributed by atoms with E-state index in [1.54, 1.807) is 0 Å². The topological polar surface area (TPSA) is 78.9 Å². The van der Waals surface area contributed by atoms with Gasteiger partial charge in [0.25, 0.3) is 0 Å². The van der Waals surface area contributed by atoms with E-state index < -0.39 is 6.10 Å². The van der Waals surface area contributed by atoms with Gasteiger partial charge in [-0.15, -0.1) is 0 Å². The Morgan fingerprint density at radius 3 is 0.840 bits per heavy atom. The van der Waals surface area contributed by atoms with Crippen molar-refractivity contribution in [1.82, 2.24) is 0 Å². The van der Waals surface area contributed by atoms with Crippen molar-refractivity contribution in [2.24, 2.45) is 0 Å². The van der Waals surface area contributed by atoms with E-state index in [0.717, 1.165) is 109 Å². The summed E-state index contributed by atoms with van der Waals surface area (Å²) in [6.07, 6.45) is 83.4. The van der Waals surface area contributed by atoms with Gasteiger partial charge in [-0.05, 0) is 109 Å². The van der Waals surface area contributed by atoms with Crippen molar-refractivity contribution in [3.63, 3.8) is 0 Å². The number of carbonyl (C=O) groups is 3. The smallest absolute Gasteiger partial charge is 0.306 e. The van der Waals surface area contributed by atoms with Crippen LogP contribution >= 0.6 is 0 Å². The molecule has 0 amide bonds. The number of unbranched alkanes of at least 4 members (excludes halogenated alkanes) is 33. The van der Waals surface area contributed by atoms with Gasteiger partial charge < -0.3 is 14.2 Å². The molecule has 6 heteroatoms. The van der Waals surface area contributed by atoms with Gasteiger partial charge in [0.1, 0.15) is 13.2 Å². The first-order chi connectivity index (χ1) is 37.0. The third-order valence-corrected chi connectivity index (χ3v) is 13.9. The van der Waals surface area contributed by atoms with Crippen LogP contribution < -0.4 is 0 Å². The molecule has 0 bridgehead atoms. The highest BCUT2D eigenvalue weighted by atomic mass is 16.6. The van der Waals surface area contributed by atoms with E-state index in [1.165, 1.54) is 167 Å². The Morgan fingerprint density at radius 2 is 0.520 bits per heavy atom. The van der Waals surface area contributed by atoms with E-state index in [-0.39, 0.29) is 37.5 Å². The minimum Gasteiger partial charge on any atom is -0.462 e. The standard InChI is InChI=1S/C69H120O6/c1-4-7-10-13-16-19-22-25-26-27-28-29-30-31-32-33-34-35-36-37-38-39-40-41-42-45-47-50-53-56-59-62-68(71)74-65-66(75-69(72)63-60-57-54-51-48-44-24-21-18-15-12-9-6-3)64-73-67(70)61-58-55-52-49-46-43-23-20-17-14-11-8-5-2/h8-9,11-12,17-18,20-21,27-28,43-44,46,48,66H,4-7,10,13-16,19,22-26,29-42,45,47,49-65H2,1-3H3/b11-8-,12-9-,20-17-,21-18-,28-27-,46-43-,48-44-. The average molecular weight is 1050 g/mol. The van der Waals surface area contributed by atoms with Gasteiger partial charge in [0.2, 0.25) is 0 Å². The van der Waals surface area contributed by atoms with E-state index in [1.807, 2.05) is 0 Å². The minimum absolute atomic E-state index is 0.0962. The van der Waals surface area contributed by atoms with Crippen molar-refractivity contribution in [2.45, 2.75) is 322 Å². The van der Waals surface area contributed by atoms with Crippen LogP contribution in [0.3, 0.4) is 0 Å². The molecule has 432 valence electrons. The van der Waals surface area contributed by atoms with Crippen LogP contribution in [-0.2, 0) is 28.6 Å². The Morgan fingerprint density at radius 1 is 0.280 bits per heavy atom. The normalized spacial score (nSPS) is 12.6. The van der Waals surface area contributed by atoms with E-state index in [2.05, 4.69) is 106 Å². The first kappa shape index (κ1) is 71.6. The summed E-state index contributed by atoms with van der Waals surface area (Å²) in [6, 6.07) is 0. The molecular weight excluding hydrogens is 925 g/mol. The summed E-state index contributed by atoms with van der Waals surface area (Å²) >= 11 is 0. The summed E-state index contributed by atoms with van der Waals surface area (Å²) in [5.41, 5.74) is 0. The fourth-order valence-corrected chi connectivity index (χ4v) is 9.12. The van der Waals surface area contributed by atoms with Gasteiger partial charge in [-0.2, -0.15) is 0 Å². The summed E-state index contributed by atoms with van der Waals surface area (Å²) in [4.78, 5) is 38.1. The summed E-state index contributed by atoms with van der Waals surface area (Å²) in [7, 11) is 0. The van der Waals surface area contributed by atoms with Crippen molar-refractivity contribution in [1.29, 1.82) is 0 Å². The SMILES string of the molecule is CC/C=C\C/C=C\C/C=C\CCCCCC(=O)OCC(COC(=O)CCCCCCCCCCCCCCCCCCCCC/C=C\CCCCCCCCCC)OC(=O)CCCCC/C=C\C/C=C\C/C=C\CC. The number of hydrogen-bond acceptors (Lipinski definition) is 6. The van der Waals surface area contributed by atoms with Crippen LogP contribution in [0.25, 0.3) is 0 Å². The van der Waals surface area contributed by atoms with E-state index in [0.29, 0.717) is 12.8 Å². The third kappa shape index (κ3) is 61.3. The molecule has 0 aromatic carbocycles. The number of hydrogen-bond donors (Lipinski definition) is 0. The fraction of sp³-hybridized carbons (Fsp3) is 0.754. The minimum atomic E-state index is -0.803. The molecule has 0 saturated heterocycles. The van der Waals surface area contributed by atoms with Crippen molar-refractivity contribution in [3.8, 4) is 0 Å². The van der Waals surface area contributed by atoms with Gasteiger partial charge in [-0.1, -0.05) is 273 Å². The number of carbonyl (C=O) groups excluding carboxylic acids is 3. The lowest BCUT2D eigenvalue weighted by Crippen LogP contribution is -2.30. The van der Waals surface area contributed by atoms with Crippen molar-refractivity contribution >= 4 is 17.9 Å². The molecule has 75 heavy (non-hydrogen) atoms. The van der Waals surface area contributed by atoms with E-state index in [9.17, 15) is 14.4 Å². The lowest BCUT2D eigenvalue weighted by Gasteiger charge is -2.18. The maximum absolute atomic E-state index is 12.8. The summed E-state index contributed by atoms with van der Waals surface area (Å²) in [5, 5.41) is 0. The molecule has 0 N–H and O–H groups in total. The van der Waals surface area contributed by atoms with Crippen LogP contribution in [-0.4, -0.2) is 37.2 Å². The van der Waals surface area contributed by atoms with Crippen LogP contribution in [0.2, 0.25) is 0 Å². The van der Waals surface area contributed by atoms with Crippen molar-refractivity contribution < 1.29 is 28.6 Å². The summed E-state index contributed by atoms with van der Waals surface area (Å²) in [6.45, 7) is 6.38. The molecule has 0 spiro atoms. The monoisotopic (exact) mass is 1040 g/mol. The Kier molecular flexibility index (Phi) is 60.3. The van der Waals surface area contributed by atoms with Gasteiger partial charge in [-0.3, -0.25) is 14.4 Å². The second kappa shape index (κ2) is 63.1. The summed E-state index contributed by atoms with van der Waals surface area (Å²) < 4.78 is 16.8. The Hall–Kier alpha value is -3.41. The first-order valence-electron chi connectivity index (χ1n) is 32.1. The molecule has 1 unspecified atom stereocenters. The highest BCUT2D eigenvalue weighted by Crippen LogP contribution is 2.17. The predicted octanol–water partition coefficient (Wildman–Crippen LogP) is 21.9. The zero-order chi connectivity index (χ0) is 54.3. The van der Waals surface area contributed by atoms with E-state index in [4.69, 9.17) is 14.2 Å². The van der Waals surface area contributed by atoms with Crippen LogP contribution in [0.4, 0.5) is 0 Å². The molecule has 1 atom stereocenters. The number of rotatable bonds is 58. The number of esters is 3. The van der Waals surface area contributed by atoms with Crippen LogP contribution in [0, 0.1) is 0 Å². The van der Waals surface area contributed by atoms with Gasteiger partial charge in [0.15, 0.2) is 6.10 Å². The molecule has 0 fully saturated rings. The quantitative estimate of drug-likeness (QED) is 0.0261. The maximum atomic E-state index is 12.8. The molecule has 0 saturated carbocycles. The second-order valence-electron chi connectivity index (χ2n) is 21.3. The fourth-order valence-electron chi connectivity index (χ4n) is 9.12. The molecule has 0 aliphatic heterocycles. The van der Waals surface area contributed by atoms with Gasteiger partial charge in [-0.25, -0.2) is 0 Å². The van der Waals surface area contributed by atoms with Crippen molar-refractivity contribution in [3.05, 3.63) is 85.1 Å². The number of allylic oxidation sites excluding steroid dienone is 14. The van der Waals surface area contributed by atoms with Gasteiger partial charge in [0, 0.05) is 19.3 Å². The maximum Gasteiger partial charge on any atom is 0.306 e. The highest BCUT2D eigenvalue weighted by molar-refractivity contribution is 5.71. The lowest BCUT2D eigenvalue weighted by atomic mass is 10.0. The second-order valence-corrected chi connectivity index (χ2v) is 21.3. The van der Waals surface area contributed by atoms with Gasteiger partial charge >= 0.3 is 17.9 Å². The Labute approximate surface area is 465 Å². The van der Waals surface area contributed by atoms with Crippen LogP contribution in [0.5, 0.6) is 0 Å². The third-order valence-electron chi connectivity index (χ3n) is 13.9. The molecule has 0 aromatic rings. The van der Waals surface area contributed by atoms with Crippen LogP contribution in [0.1, 0.15) is 316 Å². The highest BCUT2D eigenvalue weighted by Gasteiger charge is 2.19. The average Bonchev–Trinajstić information content (AvgIpc) is 3.41. The molecular formula is C69H120O6.